The van der Waals surface area contributed by atoms with Gasteiger partial charge in [0.2, 0.25) is 0 Å². The fourth-order valence-corrected chi connectivity index (χ4v) is 2.48. The monoisotopic (exact) mass is 305 g/mol. The van der Waals surface area contributed by atoms with Crippen LogP contribution in [-0.2, 0) is 6.42 Å². The molecule has 6 heteroatoms. The van der Waals surface area contributed by atoms with Crippen molar-refractivity contribution in [2.75, 3.05) is 13.1 Å². The molecule has 3 N–H and O–H groups in total. The number of amides is 2. The van der Waals surface area contributed by atoms with Gasteiger partial charge in [-0.15, -0.1) is 11.3 Å². The van der Waals surface area contributed by atoms with Crippen molar-refractivity contribution in [2.24, 2.45) is 0 Å². The maximum atomic E-state index is 11.6. The van der Waals surface area contributed by atoms with Crippen molar-refractivity contribution in [3.63, 3.8) is 0 Å². The van der Waals surface area contributed by atoms with Gasteiger partial charge in [0, 0.05) is 24.9 Å². The van der Waals surface area contributed by atoms with E-state index in [9.17, 15) is 9.90 Å². The van der Waals surface area contributed by atoms with Gasteiger partial charge in [-0.25, -0.2) is 9.78 Å². The van der Waals surface area contributed by atoms with Crippen LogP contribution in [-0.4, -0.2) is 29.2 Å². The highest BCUT2D eigenvalue weighted by molar-refractivity contribution is 7.07. The van der Waals surface area contributed by atoms with E-state index < -0.39 is 6.10 Å². The first kappa shape index (κ1) is 15.5. The third-order valence-corrected chi connectivity index (χ3v) is 3.67. The Hall–Kier alpha value is -1.92. The first-order valence-electron chi connectivity index (χ1n) is 6.87. The number of rotatable bonds is 7. The minimum atomic E-state index is -0.554. The van der Waals surface area contributed by atoms with E-state index in [4.69, 9.17) is 0 Å². The van der Waals surface area contributed by atoms with E-state index in [0.29, 0.717) is 19.5 Å². The van der Waals surface area contributed by atoms with Gasteiger partial charge in [0.05, 0.1) is 17.3 Å². The number of aliphatic hydroxyl groups is 1. The molecule has 2 amide bonds. The summed E-state index contributed by atoms with van der Waals surface area (Å²) in [7, 11) is 0. The summed E-state index contributed by atoms with van der Waals surface area (Å²) >= 11 is 1.55. The van der Waals surface area contributed by atoms with E-state index in [-0.39, 0.29) is 6.03 Å². The third kappa shape index (κ3) is 5.53. The number of nitrogens with one attached hydrogen (secondary N) is 2. The molecule has 0 aliphatic carbocycles. The van der Waals surface area contributed by atoms with E-state index in [1.165, 1.54) is 0 Å². The summed E-state index contributed by atoms with van der Waals surface area (Å²) in [5.41, 5.74) is 3.63. The van der Waals surface area contributed by atoms with Gasteiger partial charge in [-0.2, -0.15) is 0 Å². The lowest BCUT2D eigenvalue weighted by atomic mass is 10.1. The molecule has 1 atom stereocenters. The number of thiazole rings is 1. The van der Waals surface area contributed by atoms with Crippen LogP contribution < -0.4 is 10.6 Å². The number of carbonyl (C=O) groups excluding carboxylic acids is 1. The van der Waals surface area contributed by atoms with Crippen molar-refractivity contribution in [2.45, 2.75) is 18.9 Å². The van der Waals surface area contributed by atoms with Gasteiger partial charge >= 0.3 is 6.03 Å². The number of carbonyl (C=O) groups is 1. The Balaban J connectivity index is 1.58. The van der Waals surface area contributed by atoms with Crippen molar-refractivity contribution in [1.82, 2.24) is 15.6 Å². The fraction of sp³-hybridized carbons (Fsp3) is 0.333. The van der Waals surface area contributed by atoms with Crippen molar-refractivity contribution in [3.05, 3.63) is 52.5 Å². The Labute approximate surface area is 128 Å². The number of hydrogen-bond donors (Lipinski definition) is 3. The maximum absolute atomic E-state index is 11.6. The van der Waals surface area contributed by atoms with Gasteiger partial charge < -0.3 is 15.7 Å². The quantitative estimate of drug-likeness (QED) is 0.733. The summed E-state index contributed by atoms with van der Waals surface area (Å²) in [6, 6.07) is 9.21. The lowest BCUT2D eigenvalue weighted by molar-refractivity contribution is 0.167. The molecule has 2 aromatic rings. The van der Waals surface area contributed by atoms with Gasteiger partial charge in [0.1, 0.15) is 0 Å². The molecular weight excluding hydrogens is 286 g/mol. The normalized spacial score (nSPS) is 11.9. The molecule has 0 aliphatic rings. The molecule has 0 saturated carbocycles. The van der Waals surface area contributed by atoms with Crippen LogP contribution >= 0.6 is 11.3 Å². The predicted molar refractivity (Wildman–Crippen MR) is 83.2 cm³/mol. The molecule has 2 rings (SSSR count). The molecule has 1 aromatic carbocycles. The highest BCUT2D eigenvalue weighted by Crippen LogP contribution is 2.14. The van der Waals surface area contributed by atoms with Gasteiger partial charge in [0.25, 0.3) is 0 Å². The van der Waals surface area contributed by atoms with Crippen LogP contribution in [0.1, 0.15) is 23.8 Å². The molecule has 21 heavy (non-hydrogen) atoms. The minimum absolute atomic E-state index is 0.217. The Morgan fingerprint density at radius 3 is 2.71 bits per heavy atom. The van der Waals surface area contributed by atoms with Crippen molar-refractivity contribution < 1.29 is 9.90 Å². The Bertz CT molecular complexity index is 531. The first-order valence-corrected chi connectivity index (χ1v) is 7.82. The zero-order valence-electron chi connectivity index (χ0n) is 11.7. The van der Waals surface area contributed by atoms with E-state index in [1.807, 2.05) is 35.7 Å². The average molecular weight is 305 g/mol. The van der Waals surface area contributed by atoms with Gasteiger partial charge in [0.15, 0.2) is 0 Å². The summed E-state index contributed by atoms with van der Waals surface area (Å²) in [5, 5.41) is 17.4. The molecule has 1 heterocycles. The molecule has 0 spiro atoms. The second-order valence-corrected chi connectivity index (χ2v) is 5.35. The van der Waals surface area contributed by atoms with Gasteiger partial charge in [-0.3, -0.25) is 0 Å². The Morgan fingerprint density at radius 2 is 2.00 bits per heavy atom. The molecule has 0 fully saturated rings. The standard InChI is InChI=1S/C15H19N3O2S/c19-14(12-4-2-1-3-5-12)7-9-17-15(20)16-8-6-13-10-21-11-18-13/h1-5,10-11,14,19H,6-9H2,(H2,16,17,20). The lowest BCUT2D eigenvalue weighted by Gasteiger charge is -2.12. The second kappa shape index (κ2) is 8.39. The number of hydrogen-bond acceptors (Lipinski definition) is 4. The number of benzene rings is 1. The lowest BCUT2D eigenvalue weighted by Crippen LogP contribution is -2.37. The van der Waals surface area contributed by atoms with Crippen molar-refractivity contribution in [1.29, 1.82) is 0 Å². The molecule has 112 valence electrons. The van der Waals surface area contributed by atoms with E-state index in [2.05, 4.69) is 15.6 Å². The molecular formula is C15H19N3O2S. The molecule has 0 bridgehead atoms. The summed E-state index contributed by atoms with van der Waals surface area (Å²) in [5.74, 6) is 0. The SMILES string of the molecule is O=C(NCCc1cscn1)NCCC(O)c1ccccc1. The average Bonchev–Trinajstić information content (AvgIpc) is 3.01. The summed E-state index contributed by atoms with van der Waals surface area (Å²) in [6.45, 7) is 0.982. The molecule has 5 nitrogen and oxygen atoms in total. The van der Waals surface area contributed by atoms with Crippen molar-refractivity contribution in [3.8, 4) is 0 Å². The van der Waals surface area contributed by atoms with Crippen LogP contribution in [0.5, 0.6) is 0 Å². The first-order chi connectivity index (χ1) is 10.3. The van der Waals surface area contributed by atoms with Crippen LogP contribution in [0.2, 0.25) is 0 Å². The van der Waals surface area contributed by atoms with Gasteiger partial charge in [-0.05, 0) is 12.0 Å². The largest absolute Gasteiger partial charge is 0.388 e. The summed E-state index contributed by atoms with van der Waals surface area (Å²) < 4.78 is 0. The molecule has 0 radical (unpaired) electrons. The van der Waals surface area contributed by atoms with Crippen LogP contribution in [0.15, 0.2) is 41.2 Å². The van der Waals surface area contributed by atoms with Crippen LogP contribution in [0, 0.1) is 0 Å². The van der Waals surface area contributed by atoms with E-state index >= 15 is 0 Å². The van der Waals surface area contributed by atoms with E-state index in [0.717, 1.165) is 17.7 Å². The zero-order valence-corrected chi connectivity index (χ0v) is 12.5. The van der Waals surface area contributed by atoms with Gasteiger partial charge in [-0.1, -0.05) is 30.3 Å². The topological polar surface area (TPSA) is 74.2 Å². The second-order valence-electron chi connectivity index (χ2n) is 4.63. The Morgan fingerprint density at radius 1 is 1.24 bits per heavy atom. The summed E-state index contributed by atoms with van der Waals surface area (Å²) in [6.07, 6.45) is 0.661. The zero-order chi connectivity index (χ0) is 14.9. The minimum Gasteiger partial charge on any atom is -0.388 e. The van der Waals surface area contributed by atoms with Crippen LogP contribution in [0.3, 0.4) is 0 Å². The molecule has 0 saturated heterocycles. The van der Waals surface area contributed by atoms with Crippen molar-refractivity contribution >= 4 is 17.4 Å². The summed E-state index contributed by atoms with van der Waals surface area (Å²) in [4.78, 5) is 15.7. The maximum Gasteiger partial charge on any atom is 0.314 e. The number of urea groups is 1. The predicted octanol–water partition coefficient (Wildman–Crippen LogP) is 2.11. The van der Waals surface area contributed by atoms with E-state index in [1.54, 1.807) is 16.8 Å². The fourth-order valence-electron chi connectivity index (χ4n) is 1.89. The Kier molecular flexibility index (Phi) is 6.18. The highest BCUT2D eigenvalue weighted by atomic mass is 32.1. The molecule has 0 aliphatic heterocycles. The molecule has 1 unspecified atom stereocenters. The smallest absolute Gasteiger partial charge is 0.314 e. The number of aliphatic hydroxyl groups excluding tert-OH is 1. The third-order valence-electron chi connectivity index (χ3n) is 3.04. The van der Waals surface area contributed by atoms with Crippen LogP contribution in [0.25, 0.3) is 0 Å². The number of nitrogens with zero attached hydrogens (tertiary/aromatic N) is 1. The van der Waals surface area contributed by atoms with Crippen LogP contribution in [0.4, 0.5) is 4.79 Å². The highest BCUT2D eigenvalue weighted by Gasteiger charge is 2.07. The number of aromatic nitrogens is 1. The molecule has 1 aromatic heterocycles.